The summed E-state index contributed by atoms with van der Waals surface area (Å²) in [4.78, 5) is 23.9. The molecule has 2 rings (SSSR count). The summed E-state index contributed by atoms with van der Waals surface area (Å²) in [5.74, 6) is 0.0186. The van der Waals surface area contributed by atoms with Crippen LogP contribution in [0.1, 0.15) is 27.9 Å². The first kappa shape index (κ1) is 17.2. The second-order valence-electron chi connectivity index (χ2n) is 5.38. The third-order valence-corrected chi connectivity index (χ3v) is 3.94. The van der Waals surface area contributed by atoms with E-state index in [9.17, 15) is 9.59 Å². The molecule has 0 aliphatic heterocycles. The maximum absolute atomic E-state index is 12.0. The van der Waals surface area contributed by atoms with Gasteiger partial charge in [-0.25, -0.2) is 4.79 Å². The van der Waals surface area contributed by atoms with Gasteiger partial charge in [-0.15, -0.1) is 0 Å². The third-order valence-electron chi connectivity index (χ3n) is 3.45. The number of carbonyl (C=O) groups excluding carboxylic acids is 2. The fourth-order valence-electron chi connectivity index (χ4n) is 2.11. The molecular weight excluding hydrogens is 356 g/mol. The Balaban J connectivity index is 1.80. The van der Waals surface area contributed by atoms with Gasteiger partial charge in [0.1, 0.15) is 0 Å². The van der Waals surface area contributed by atoms with Gasteiger partial charge in [-0.2, -0.15) is 0 Å². The lowest BCUT2D eigenvalue weighted by Gasteiger charge is -2.10. The number of halogens is 1. The summed E-state index contributed by atoms with van der Waals surface area (Å²) in [6, 6.07) is 12.7. The number of ketones is 1. The minimum Gasteiger partial charge on any atom is -0.337 e. The first-order chi connectivity index (χ1) is 11.0. The van der Waals surface area contributed by atoms with Crippen LogP contribution in [-0.2, 0) is 0 Å². The quantitative estimate of drug-likeness (QED) is 0.758. The molecule has 0 aromatic heterocycles. The van der Waals surface area contributed by atoms with Gasteiger partial charge in [-0.1, -0.05) is 45.8 Å². The number of Topliss-reactive ketones (excluding diaryl/α,β-unsaturated/α-hetero) is 1. The SMILES string of the molecule is Cc1ccc(C(=O)CCNC(=O)Nc2ccc(Br)cc2C)cc1. The zero-order valence-electron chi connectivity index (χ0n) is 13.2. The van der Waals surface area contributed by atoms with Gasteiger partial charge in [0.2, 0.25) is 0 Å². The standard InChI is InChI=1S/C18H19BrN2O2/c1-12-3-5-14(6-4-12)17(22)9-10-20-18(23)21-16-8-7-15(19)11-13(16)2/h3-8,11H,9-10H2,1-2H3,(H2,20,21,23). The predicted octanol–water partition coefficient (Wildman–Crippen LogP) is 4.46. The average molecular weight is 375 g/mol. The van der Waals surface area contributed by atoms with Gasteiger partial charge in [-0.05, 0) is 37.6 Å². The molecule has 2 N–H and O–H groups in total. The molecule has 5 heteroatoms. The Kier molecular flexibility index (Phi) is 5.93. The van der Waals surface area contributed by atoms with E-state index in [1.54, 1.807) is 0 Å². The molecule has 0 unspecified atom stereocenters. The van der Waals surface area contributed by atoms with Crippen molar-refractivity contribution in [2.75, 3.05) is 11.9 Å². The number of urea groups is 1. The van der Waals surface area contributed by atoms with Crippen LogP contribution in [0.25, 0.3) is 0 Å². The van der Waals surface area contributed by atoms with Crippen LogP contribution in [0, 0.1) is 13.8 Å². The van der Waals surface area contributed by atoms with Crippen molar-refractivity contribution in [2.24, 2.45) is 0 Å². The topological polar surface area (TPSA) is 58.2 Å². The molecule has 0 saturated carbocycles. The molecule has 0 radical (unpaired) electrons. The Morgan fingerprint density at radius 3 is 2.39 bits per heavy atom. The Morgan fingerprint density at radius 1 is 1.04 bits per heavy atom. The molecule has 0 saturated heterocycles. The third kappa shape index (κ3) is 5.21. The summed E-state index contributed by atoms with van der Waals surface area (Å²) >= 11 is 3.38. The number of amides is 2. The zero-order valence-corrected chi connectivity index (χ0v) is 14.7. The maximum Gasteiger partial charge on any atom is 0.319 e. The summed E-state index contributed by atoms with van der Waals surface area (Å²) in [7, 11) is 0. The molecule has 0 aliphatic carbocycles. The van der Waals surface area contributed by atoms with E-state index in [-0.39, 0.29) is 18.2 Å². The molecule has 120 valence electrons. The lowest BCUT2D eigenvalue weighted by atomic mass is 10.1. The number of carbonyl (C=O) groups is 2. The smallest absolute Gasteiger partial charge is 0.319 e. The van der Waals surface area contributed by atoms with Crippen LogP contribution < -0.4 is 10.6 Å². The van der Waals surface area contributed by atoms with Crippen molar-refractivity contribution in [2.45, 2.75) is 20.3 Å². The molecule has 2 aromatic rings. The van der Waals surface area contributed by atoms with Crippen molar-refractivity contribution >= 4 is 33.4 Å². The Hall–Kier alpha value is -2.14. The molecule has 0 atom stereocenters. The van der Waals surface area contributed by atoms with Gasteiger partial charge in [0.05, 0.1) is 0 Å². The maximum atomic E-state index is 12.0. The lowest BCUT2D eigenvalue weighted by Crippen LogP contribution is -2.30. The fraction of sp³-hybridized carbons (Fsp3) is 0.222. The molecule has 0 bridgehead atoms. The summed E-state index contributed by atoms with van der Waals surface area (Å²) in [6.45, 7) is 4.19. The minimum absolute atomic E-state index is 0.0186. The number of aryl methyl sites for hydroxylation is 2. The fourth-order valence-corrected chi connectivity index (χ4v) is 2.58. The predicted molar refractivity (Wildman–Crippen MR) is 96.0 cm³/mol. The second-order valence-corrected chi connectivity index (χ2v) is 6.30. The van der Waals surface area contributed by atoms with Gasteiger partial charge in [0, 0.05) is 28.7 Å². The highest BCUT2D eigenvalue weighted by molar-refractivity contribution is 9.10. The summed E-state index contributed by atoms with van der Waals surface area (Å²) in [5.41, 5.74) is 3.49. The van der Waals surface area contributed by atoms with Crippen molar-refractivity contribution < 1.29 is 9.59 Å². The van der Waals surface area contributed by atoms with Gasteiger partial charge in [0.15, 0.2) is 5.78 Å². The summed E-state index contributed by atoms with van der Waals surface area (Å²) < 4.78 is 0.963. The van der Waals surface area contributed by atoms with Crippen molar-refractivity contribution in [3.05, 3.63) is 63.6 Å². The largest absolute Gasteiger partial charge is 0.337 e. The molecular formula is C18H19BrN2O2. The average Bonchev–Trinajstić information content (AvgIpc) is 2.50. The van der Waals surface area contributed by atoms with Gasteiger partial charge >= 0.3 is 6.03 Å². The van der Waals surface area contributed by atoms with E-state index < -0.39 is 0 Å². The first-order valence-electron chi connectivity index (χ1n) is 7.36. The van der Waals surface area contributed by atoms with E-state index in [1.807, 2.05) is 56.3 Å². The van der Waals surface area contributed by atoms with E-state index in [4.69, 9.17) is 0 Å². The number of anilines is 1. The van der Waals surface area contributed by atoms with Crippen molar-refractivity contribution in [1.82, 2.24) is 5.32 Å². The molecule has 0 aliphatic rings. The van der Waals surface area contributed by atoms with Crippen molar-refractivity contribution in [1.29, 1.82) is 0 Å². The number of benzene rings is 2. The molecule has 2 aromatic carbocycles. The van der Waals surface area contributed by atoms with E-state index in [0.29, 0.717) is 12.1 Å². The van der Waals surface area contributed by atoms with Crippen LogP contribution in [0.5, 0.6) is 0 Å². The molecule has 0 fully saturated rings. The summed E-state index contributed by atoms with van der Waals surface area (Å²) in [5, 5.41) is 5.48. The Morgan fingerprint density at radius 2 is 1.74 bits per heavy atom. The molecule has 4 nitrogen and oxygen atoms in total. The van der Waals surface area contributed by atoms with Gasteiger partial charge in [-0.3, -0.25) is 4.79 Å². The molecule has 0 heterocycles. The number of rotatable bonds is 5. The second kappa shape index (κ2) is 7.92. The molecule has 0 spiro atoms. The van der Waals surface area contributed by atoms with Crippen LogP contribution >= 0.6 is 15.9 Å². The van der Waals surface area contributed by atoms with E-state index in [2.05, 4.69) is 26.6 Å². The van der Waals surface area contributed by atoms with Crippen LogP contribution in [0.15, 0.2) is 46.9 Å². The van der Waals surface area contributed by atoms with Crippen LogP contribution in [-0.4, -0.2) is 18.4 Å². The Labute approximate surface area is 144 Å². The molecule has 2 amide bonds. The number of hydrogen-bond acceptors (Lipinski definition) is 2. The zero-order chi connectivity index (χ0) is 16.8. The van der Waals surface area contributed by atoms with E-state index in [0.717, 1.165) is 21.3 Å². The van der Waals surface area contributed by atoms with Crippen molar-refractivity contribution in [3.63, 3.8) is 0 Å². The lowest BCUT2D eigenvalue weighted by molar-refractivity contribution is 0.0984. The highest BCUT2D eigenvalue weighted by Crippen LogP contribution is 2.19. The summed E-state index contributed by atoms with van der Waals surface area (Å²) in [6.07, 6.45) is 0.274. The van der Waals surface area contributed by atoms with Crippen molar-refractivity contribution in [3.8, 4) is 0 Å². The highest BCUT2D eigenvalue weighted by atomic mass is 79.9. The number of hydrogen-bond donors (Lipinski definition) is 2. The Bertz CT molecular complexity index is 711. The number of nitrogens with one attached hydrogen (secondary N) is 2. The van der Waals surface area contributed by atoms with Crippen LogP contribution in [0.3, 0.4) is 0 Å². The molecule has 23 heavy (non-hydrogen) atoms. The monoisotopic (exact) mass is 374 g/mol. The van der Waals surface area contributed by atoms with Gasteiger partial charge in [0.25, 0.3) is 0 Å². The highest BCUT2D eigenvalue weighted by Gasteiger charge is 2.08. The normalized spacial score (nSPS) is 10.2. The first-order valence-corrected chi connectivity index (χ1v) is 8.16. The van der Waals surface area contributed by atoms with Crippen LogP contribution in [0.4, 0.5) is 10.5 Å². The van der Waals surface area contributed by atoms with E-state index in [1.165, 1.54) is 0 Å². The van der Waals surface area contributed by atoms with Gasteiger partial charge < -0.3 is 10.6 Å². The van der Waals surface area contributed by atoms with Crippen LogP contribution in [0.2, 0.25) is 0 Å². The van der Waals surface area contributed by atoms with E-state index >= 15 is 0 Å². The minimum atomic E-state index is -0.313.